The van der Waals surface area contributed by atoms with Crippen molar-refractivity contribution in [1.29, 1.82) is 0 Å². The van der Waals surface area contributed by atoms with Gasteiger partial charge in [0.05, 0.1) is 0 Å². The van der Waals surface area contributed by atoms with Crippen LogP contribution in [0.4, 0.5) is 0 Å². The number of hydrogen-bond donors (Lipinski definition) is 0. The number of benzene rings is 8. The summed E-state index contributed by atoms with van der Waals surface area (Å²) in [4.78, 5) is 0. The van der Waals surface area contributed by atoms with Crippen molar-refractivity contribution >= 4 is 63.8 Å². The van der Waals surface area contributed by atoms with E-state index in [1.54, 1.807) is 0 Å². The van der Waals surface area contributed by atoms with Crippen LogP contribution in [-0.2, 0) is 0 Å². The molecule has 1 heterocycles. The van der Waals surface area contributed by atoms with Crippen LogP contribution >= 0.6 is 11.3 Å². The van der Waals surface area contributed by atoms with Gasteiger partial charge >= 0.3 is 0 Å². The summed E-state index contributed by atoms with van der Waals surface area (Å²) in [5.41, 5.74) is 7.62. The lowest BCUT2D eigenvalue weighted by Gasteiger charge is -2.18. The molecular weight excluding hydrogens is 537 g/mol. The molecule has 0 aliphatic rings. The quantitative estimate of drug-likeness (QED) is 0.188. The van der Waals surface area contributed by atoms with E-state index in [9.17, 15) is 0 Å². The van der Waals surface area contributed by atoms with Gasteiger partial charge in [-0.25, -0.2) is 0 Å². The minimum absolute atomic E-state index is 1.24. The third kappa shape index (κ3) is 3.75. The minimum Gasteiger partial charge on any atom is -0.135 e. The van der Waals surface area contributed by atoms with Crippen molar-refractivity contribution in [2.24, 2.45) is 0 Å². The van der Waals surface area contributed by atoms with Gasteiger partial charge in [0, 0.05) is 20.2 Å². The average molecular weight is 563 g/mol. The highest BCUT2D eigenvalue weighted by molar-refractivity contribution is 7.26. The van der Waals surface area contributed by atoms with E-state index in [1.165, 1.54) is 85.9 Å². The van der Waals surface area contributed by atoms with Crippen molar-refractivity contribution in [2.75, 3.05) is 0 Å². The molecule has 1 aromatic heterocycles. The zero-order valence-electron chi connectivity index (χ0n) is 23.4. The summed E-state index contributed by atoms with van der Waals surface area (Å²) in [6.45, 7) is 0. The Labute approximate surface area is 254 Å². The van der Waals surface area contributed by atoms with Gasteiger partial charge in [-0.15, -0.1) is 11.3 Å². The van der Waals surface area contributed by atoms with E-state index in [1.807, 2.05) is 11.3 Å². The fourth-order valence-corrected chi connectivity index (χ4v) is 8.26. The molecule has 0 aliphatic carbocycles. The predicted molar refractivity (Wildman–Crippen MR) is 188 cm³/mol. The van der Waals surface area contributed by atoms with Crippen LogP contribution in [-0.4, -0.2) is 0 Å². The Morgan fingerprint density at radius 2 is 0.907 bits per heavy atom. The van der Waals surface area contributed by atoms with E-state index in [0.29, 0.717) is 0 Å². The molecule has 0 bridgehead atoms. The van der Waals surface area contributed by atoms with Gasteiger partial charge in [0.1, 0.15) is 0 Å². The van der Waals surface area contributed by atoms with Crippen molar-refractivity contribution in [3.8, 4) is 33.4 Å². The maximum Gasteiger partial charge on any atom is 0.0434 e. The third-order valence-corrected chi connectivity index (χ3v) is 10.0. The lowest BCUT2D eigenvalue weighted by molar-refractivity contribution is 1.64. The van der Waals surface area contributed by atoms with Crippen LogP contribution in [0.2, 0.25) is 0 Å². The molecule has 0 amide bonds. The van der Waals surface area contributed by atoms with Crippen molar-refractivity contribution in [1.82, 2.24) is 0 Å². The van der Waals surface area contributed by atoms with Crippen LogP contribution in [0.5, 0.6) is 0 Å². The van der Waals surface area contributed by atoms with Gasteiger partial charge in [-0.2, -0.15) is 0 Å². The summed E-state index contributed by atoms with van der Waals surface area (Å²) in [5.74, 6) is 0. The van der Waals surface area contributed by atoms with E-state index in [-0.39, 0.29) is 0 Å². The normalized spacial score (nSPS) is 11.7. The molecule has 0 spiro atoms. The zero-order valence-corrected chi connectivity index (χ0v) is 24.2. The highest BCUT2D eigenvalue weighted by Crippen LogP contribution is 2.46. The van der Waals surface area contributed by atoms with Crippen LogP contribution in [0.25, 0.3) is 85.9 Å². The first-order valence-corrected chi connectivity index (χ1v) is 15.6. The number of rotatable bonds is 3. The second-order valence-corrected chi connectivity index (χ2v) is 12.3. The summed E-state index contributed by atoms with van der Waals surface area (Å²) < 4.78 is 2.70. The lowest BCUT2D eigenvalue weighted by atomic mass is 9.85. The molecule has 1 heteroatoms. The Hall–Kier alpha value is -5.24. The molecule has 0 N–H and O–H groups in total. The monoisotopic (exact) mass is 562 g/mol. The van der Waals surface area contributed by atoms with Crippen molar-refractivity contribution in [2.45, 2.75) is 0 Å². The molecule has 0 radical (unpaired) electrons. The topological polar surface area (TPSA) is 0 Å². The van der Waals surface area contributed by atoms with Gasteiger partial charge in [0.2, 0.25) is 0 Å². The second kappa shape index (κ2) is 9.66. The summed E-state index contributed by atoms with van der Waals surface area (Å²) >= 11 is 1.90. The Balaban J connectivity index is 1.32. The predicted octanol–water partition coefficient (Wildman–Crippen LogP) is 12.5. The molecule has 0 saturated heterocycles. The second-order valence-electron chi connectivity index (χ2n) is 11.2. The fourth-order valence-electron chi connectivity index (χ4n) is 6.99. The van der Waals surface area contributed by atoms with Crippen LogP contribution in [0.3, 0.4) is 0 Å². The minimum atomic E-state index is 1.24. The Kier molecular flexibility index (Phi) is 5.47. The summed E-state index contributed by atoms with van der Waals surface area (Å²) in [5, 5.41) is 10.4. The van der Waals surface area contributed by atoms with Crippen LogP contribution in [0, 0.1) is 0 Å². The summed E-state index contributed by atoms with van der Waals surface area (Å²) in [6.07, 6.45) is 0. The molecule has 8 aromatic carbocycles. The first-order chi connectivity index (χ1) is 21.3. The molecule has 0 aliphatic heterocycles. The first-order valence-electron chi connectivity index (χ1n) is 14.8. The lowest BCUT2D eigenvalue weighted by Crippen LogP contribution is -1.91. The van der Waals surface area contributed by atoms with Crippen molar-refractivity contribution in [3.63, 3.8) is 0 Å². The molecule has 0 saturated carbocycles. The van der Waals surface area contributed by atoms with E-state index in [2.05, 4.69) is 158 Å². The Morgan fingerprint density at radius 3 is 1.63 bits per heavy atom. The van der Waals surface area contributed by atoms with Gasteiger partial charge in [0.15, 0.2) is 0 Å². The molecule has 9 aromatic rings. The van der Waals surface area contributed by atoms with E-state index in [4.69, 9.17) is 0 Å². The Morgan fingerprint density at radius 1 is 0.349 bits per heavy atom. The van der Waals surface area contributed by atoms with Gasteiger partial charge in [0.25, 0.3) is 0 Å². The SMILES string of the molecule is c1ccc(-c2c3ccccc3c(-c3cccc(-c4cccc5sc6c7ccccc7ccc6c45)c3)c3ccccc23)cc1. The van der Waals surface area contributed by atoms with Gasteiger partial charge in [-0.05, 0) is 77.8 Å². The van der Waals surface area contributed by atoms with Gasteiger partial charge in [-0.3, -0.25) is 0 Å². The zero-order chi connectivity index (χ0) is 28.3. The van der Waals surface area contributed by atoms with E-state index in [0.717, 1.165) is 0 Å². The maximum atomic E-state index is 2.40. The fraction of sp³-hybridized carbons (Fsp3) is 0. The summed E-state index contributed by atoms with van der Waals surface area (Å²) in [6, 6.07) is 57.8. The first kappa shape index (κ1) is 24.4. The molecule has 0 unspecified atom stereocenters. The van der Waals surface area contributed by atoms with Crippen molar-refractivity contribution < 1.29 is 0 Å². The molecule has 0 fully saturated rings. The molecule has 0 atom stereocenters. The third-order valence-electron chi connectivity index (χ3n) is 8.84. The van der Waals surface area contributed by atoms with Crippen LogP contribution < -0.4 is 0 Å². The Bertz CT molecular complexity index is 2440. The standard InChI is InChI=1S/C42H26S/c1-2-13-28(14-3-1)39-33-18-6-8-20-35(33)40(36-21-9-7-19-34(36)39)30-16-10-15-29(26-30)31-22-11-23-38-41(31)37-25-24-27-12-4-5-17-32(27)42(37)43-38/h1-26H. The largest absolute Gasteiger partial charge is 0.135 e. The highest BCUT2D eigenvalue weighted by Gasteiger charge is 2.18. The van der Waals surface area contributed by atoms with Crippen molar-refractivity contribution in [3.05, 3.63) is 158 Å². The van der Waals surface area contributed by atoms with Crippen LogP contribution in [0.1, 0.15) is 0 Å². The highest BCUT2D eigenvalue weighted by atomic mass is 32.1. The van der Waals surface area contributed by atoms with E-state index < -0.39 is 0 Å². The van der Waals surface area contributed by atoms with Gasteiger partial charge < -0.3 is 0 Å². The summed E-state index contributed by atoms with van der Waals surface area (Å²) in [7, 11) is 0. The molecule has 0 nitrogen and oxygen atoms in total. The molecule has 9 rings (SSSR count). The number of thiophene rings is 1. The molecular formula is C42H26S. The number of fused-ring (bicyclic) bond motifs is 7. The van der Waals surface area contributed by atoms with Crippen LogP contribution in [0.15, 0.2) is 158 Å². The maximum absolute atomic E-state index is 2.40. The smallest absolute Gasteiger partial charge is 0.0434 e. The van der Waals surface area contributed by atoms with E-state index >= 15 is 0 Å². The number of hydrogen-bond acceptors (Lipinski definition) is 1. The van der Waals surface area contributed by atoms with Gasteiger partial charge in [-0.1, -0.05) is 146 Å². The molecule has 43 heavy (non-hydrogen) atoms. The molecule has 200 valence electrons. The average Bonchev–Trinajstić information content (AvgIpc) is 3.47.